The fourth-order valence-electron chi connectivity index (χ4n) is 1.01. The van der Waals surface area contributed by atoms with Crippen molar-refractivity contribution in [2.75, 3.05) is 7.11 Å². The standard InChI is InChI=1S/C9H10N2O4/c1-11-5-6(3-4-7(12)13)10-8(11)9(14)15-2/h3-5H,1-2H3,(H,12,13). The number of carbonyl (C=O) groups excluding carboxylic acids is 1. The van der Waals surface area contributed by atoms with Crippen LogP contribution in [0.4, 0.5) is 0 Å². The summed E-state index contributed by atoms with van der Waals surface area (Å²) in [7, 11) is 2.88. The summed E-state index contributed by atoms with van der Waals surface area (Å²) in [6.07, 6.45) is 3.78. The molecule has 0 aromatic carbocycles. The zero-order chi connectivity index (χ0) is 11.4. The summed E-state index contributed by atoms with van der Waals surface area (Å²) < 4.78 is 5.96. The summed E-state index contributed by atoms with van der Waals surface area (Å²) in [5, 5.41) is 8.39. The van der Waals surface area contributed by atoms with Crippen molar-refractivity contribution in [3.63, 3.8) is 0 Å². The maximum atomic E-state index is 11.1. The van der Waals surface area contributed by atoms with Gasteiger partial charge in [0.25, 0.3) is 0 Å². The number of rotatable bonds is 3. The molecule has 0 saturated carbocycles. The lowest BCUT2D eigenvalue weighted by molar-refractivity contribution is -0.131. The topological polar surface area (TPSA) is 81.4 Å². The van der Waals surface area contributed by atoms with Gasteiger partial charge in [0.2, 0.25) is 5.82 Å². The lowest BCUT2D eigenvalue weighted by Crippen LogP contribution is -2.08. The van der Waals surface area contributed by atoms with E-state index in [1.807, 2.05) is 0 Å². The SMILES string of the molecule is COC(=O)c1nc(C=CC(=O)O)cn1C. The highest BCUT2D eigenvalue weighted by molar-refractivity contribution is 5.87. The van der Waals surface area contributed by atoms with E-state index in [1.165, 1.54) is 23.9 Å². The van der Waals surface area contributed by atoms with Crippen LogP contribution < -0.4 is 0 Å². The van der Waals surface area contributed by atoms with E-state index in [0.29, 0.717) is 5.69 Å². The Bertz CT molecular complexity index is 420. The average Bonchev–Trinajstić information content (AvgIpc) is 2.55. The summed E-state index contributed by atoms with van der Waals surface area (Å²) in [6.45, 7) is 0. The summed E-state index contributed by atoms with van der Waals surface area (Å²) in [5.74, 6) is -1.50. The zero-order valence-corrected chi connectivity index (χ0v) is 8.30. The largest absolute Gasteiger partial charge is 0.478 e. The number of aromatic nitrogens is 2. The van der Waals surface area contributed by atoms with E-state index in [4.69, 9.17) is 5.11 Å². The van der Waals surface area contributed by atoms with Gasteiger partial charge in [0.1, 0.15) is 0 Å². The molecule has 1 aromatic rings. The Kier molecular flexibility index (Phi) is 3.22. The van der Waals surface area contributed by atoms with Gasteiger partial charge in [0.15, 0.2) is 0 Å². The van der Waals surface area contributed by atoms with Gasteiger partial charge in [-0.15, -0.1) is 0 Å². The molecule has 1 rings (SSSR count). The molecule has 80 valence electrons. The Morgan fingerprint density at radius 2 is 2.27 bits per heavy atom. The lowest BCUT2D eigenvalue weighted by Gasteiger charge is -1.96. The number of carboxylic acids is 1. The highest BCUT2D eigenvalue weighted by Crippen LogP contribution is 2.04. The van der Waals surface area contributed by atoms with Gasteiger partial charge in [0.05, 0.1) is 12.8 Å². The van der Waals surface area contributed by atoms with Crippen LogP contribution >= 0.6 is 0 Å². The number of ether oxygens (including phenoxy) is 1. The smallest absolute Gasteiger partial charge is 0.374 e. The van der Waals surface area contributed by atoms with Gasteiger partial charge < -0.3 is 14.4 Å². The van der Waals surface area contributed by atoms with E-state index < -0.39 is 11.9 Å². The molecule has 6 nitrogen and oxygen atoms in total. The first-order valence-electron chi connectivity index (χ1n) is 4.07. The third kappa shape index (κ3) is 2.67. The Balaban J connectivity index is 2.95. The van der Waals surface area contributed by atoms with E-state index in [1.54, 1.807) is 7.05 Å². The molecule has 0 unspecified atom stereocenters. The van der Waals surface area contributed by atoms with Gasteiger partial charge in [-0.25, -0.2) is 14.6 Å². The molecule has 0 atom stereocenters. The Morgan fingerprint density at radius 3 is 2.80 bits per heavy atom. The molecule has 1 N–H and O–H groups in total. The lowest BCUT2D eigenvalue weighted by atomic mass is 10.4. The Hall–Kier alpha value is -2.11. The third-order valence-electron chi connectivity index (χ3n) is 1.66. The molecule has 1 heterocycles. The van der Waals surface area contributed by atoms with E-state index in [-0.39, 0.29) is 5.82 Å². The molecule has 6 heteroatoms. The molecule has 0 aliphatic heterocycles. The molecule has 1 aromatic heterocycles. The molecular formula is C9H10N2O4. The second kappa shape index (κ2) is 4.41. The van der Waals surface area contributed by atoms with Gasteiger partial charge >= 0.3 is 11.9 Å². The van der Waals surface area contributed by atoms with Crippen molar-refractivity contribution in [2.24, 2.45) is 7.05 Å². The monoisotopic (exact) mass is 210 g/mol. The number of aliphatic carboxylic acids is 1. The minimum Gasteiger partial charge on any atom is -0.478 e. The summed E-state index contributed by atoms with van der Waals surface area (Å²) in [5.41, 5.74) is 0.389. The number of carbonyl (C=O) groups is 2. The number of hydrogen-bond acceptors (Lipinski definition) is 4. The second-order valence-electron chi connectivity index (χ2n) is 2.76. The van der Waals surface area contributed by atoms with Crippen LogP contribution in [-0.2, 0) is 16.6 Å². The minimum absolute atomic E-state index is 0.127. The van der Waals surface area contributed by atoms with Crippen molar-refractivity contribution in [1.82, 2.24) is 9.55 Å². The minimum atomic E-state index is -1.07. The van der Waals surface area contributed by atoms with Crippen LogP contribution in [0.3, 0.4) is 0 Å². The van der Waals surface area contributed by atoms with Gasteiger partial charge in [-0.1, -0.05) is 0 Å². The second-order valence-corrected chi connectivity index (χ2v) is 2.76. The van der Waals surface area contributed by atoms with Crippen molar-refractivity contribution in [3.8, 4) is 0 Å². The predicted molar refractivity (Wildman–Crippen MR) is 51.2 cm³/mol. The molecule has 0 radical (unpaired) electrons. The van der Waals surface area contributed by atoms with E-state index >= 15 is 0 Å². The maximum absolute atomic E-state index is 11.1. The molecular weight excluding hydrogens is 200 g/mol. The molecule has 0 fully saturated rings. The van der Waals surface area contributed by atoms with E-state index in [9.17, 15) is 9.59 Å². The molecule has 15 heavy (non-hydrogen) atoms. The van der Waals surface area contributed by atoms with Crippen molar-refractivity contribution < 1.29 is 19.4 Å². The van der Waals surface area contributed by atoms with Gasteiger partial charge in [-0.05, 0) is 6.08 Å². The number of methoxy groups -OCH3 is 1. The van der Waals surface area contributed by atoms with Crippen LogP contribution in [0.5, 0.6) is 0 Å². The van der Waals surface area contributed by atoms with Crippen molar-refractivity contribution in [2.45, 2.75) is 0 Å². The molecule has 0 spiro atoms. The summed E-state index contributed by atoms with van der Waals surface area (Å²) in [6, 6.07) is 0. The van der Waals surface area contributed by atoms with Crippen LogP contribution in [0.2, 0.25) is 0 Å². The fraction of sp³-hybridized carbons (Fsp3) is 0.222. The molecule has 0 aliphatic rings. The highest BCUT2D eigenvalue weighted by atomic mass is 16.5. The van der Waals surface area contributed by atoms with Crippen LogP contribution in [-0.4, -0.2) is 33.7 Å². The fourth-order valence-corrected chi connectivity index (χ4v) is 1.01. The summed E-state index contributed by atoms with van der Waals surface area (Å²) in [4.78, 5) is 25.3. The Labute approximate surface area is 85.8 Å². The summed E-state index contributed by atoms with van der Waals surface area (Å²) >= 11 is 0. The maximum Gasteiger partial charge on any atom is 0.374 e. The average molecular weight is 210 g/mol. The first-order chi connectivity index (χ1) is 7.04. The zero-order valence-electron chi connectivity index (χ0n) is 8.30. The number of imidazole rings is 1. The molecule has 0 bridgehead atoms. The highest BCUT2D eigenvalue weighted by Gasteiger charge is 2.12. The number of carboxylic acid groups (broad SMARTS) is 1. The van der Waals surface area contributed by atoms with E-state index in [0.717, 1.165) is 6.08 Å². The quantitative estimate of drug-likeness (QED) is 0.573. The van der Waals surface area contributed by atoms with E-state index in [2.05, 4.69) is 9.72 Å². The Morgan fingerprint density at radius 1 is 1.60 bits per heavy atom. The number of aryl methyl sites for hydroxylation is 1. The normalized spacial score (nSPS) is 10.5. The molecule has 0 aliphatic carbocycles. The van der Waals surface area contributed by atoms with Crippen LogP contribution in [0.1, 0.15) is 16.3 Å². The first kappa shape index (κ1) is 11.0. The van der Waals surface area contributed by atoms with Crippen LogP contribution in [0.15, 0.2) is 12.3 Å². The predicted octanol–water partition coefficient (Wildman–Crippen LogP) is 0.304. The number of esters is 1. The van der Waals surface area contributed by atoms with Gasteiger partial charge in [0, 0.05) is 19.3 Å². The third-order valence-corrected chi connectivity index (χ3v) is 1.66. The first-order valence-corrected chi connectivity index (χ1v) is 4.07. The van der Waals surface area contributed by atoms with Gasteiger partial charge in [-0.3, -0.25) is 0 Å². The number of nitrogens with zero attached hydrogens (tertiary/aromatic N) is 2. The van der Waals surface area contributed by atoms with Crippen molar-refractivity contribution in [1.29, 1.82) is 0 Å². The van der Waals surface area contributed by atoms with Crippen molar-refractivity contribution >= 4 is 18.0 Å². The van der Waals surface area contributed by atoms with Crippen molar-refractivity contribution in [3.05, 3.63) is 23.8 Å². The van der Waals surface area contributed by atoms with Crippen LogP contribution in [0, 0.1) is 0 Å². The molecule has 0 saturated heterocycles. The molecule has 0 amide bonds. The number of hydrogen-bond donors (Lipinski definition) is 1. The van der Waals surface area contributed by atoms with Gasteiger partial charge in [-0.2, -0.15) is 0 Å². The van der Waals surface area contributed by atoms with Crippen LogP contribution in [0.25, 0.3) is 6.08 Å².